The predicted octanol–water partition coefficient (Wildman–Crippen LogP) is 2.80. The third-order valence-electron chi connectivity index (χ3n) is 2.54. The zero-order valence-electron chi connectivity index (χ0n) is 10.9. The van der Waals surface area contributed by atoms with E-state index in [-0.39, 0.29) is 10.8 Å². The number of nitrogens with one attached hydrogen (secondary N) is 2. The zero-order chi connectivity index (χ0) is 15.2. The Hall–Kier alpha value is -2.72. The SMILES string of the molecule is N#CCCn1ccc(NC(=O)Nc2ccc(O)c(Cl)c2)n1. The number of urea groups is 1. The summed E-state index contributed by atoms with van der Waals surface area (Å²) in [6.45, 7) is 0.466. The van der Waals surface area contributed by atoms with Gasteiger partial charge in [-0.25, -0.2) is 4.79 Å². The number of nitrogens with zero attached hydrogens (tertiary/aromatic N) is 3. The van der Waals surface area contributed by atoms with E-state index in [1.807, 2.05) is 6.07 Å². The molecule has 0 atom stereocenters. The third kappa shape index (κ3) is 4.12. The first-order valence-corrected chi connectivity index (χ1v) is 6.43. The molecule has 2 aromatic rings. The van der Waals surface area contributed by atoms with Gasteiger partial charge in [-0.2, -0.15) is 10.4 Å². The number of hydrogen-bond donors (Lipinski definition) is 3. The third-order valence-corrected chi connectivity index (χ3v) is 2.84. The van der Waals surface area contributed by atoms with Crippen molar-refractivity contribution in [3.63, 3.8) is 0 Å². The summed E-state index contributed by atoms with van der Waals surface area (Å²) in [4.78, 5) is 11.8. The molecule has 108 valence electrons. The molecule has 0 radical (unpaired) electrons. The van der Waals surface area contributed by atoms with Gasteiger partial charge in [0.2, 0.25) is 0 Å². The molecule has 3 N–H and O–H groups in total. The number of phenols is 1. The minimum Gasteiger partial charge on any atom is -0.506 e. The van der Waals surface area contributed by atoms with Crippen molar-refractivity contribution in [2.45, 2.75) is 13.0 Å². The van der Waals surface area contributed by atoms with Gasteiger partial charge in [-0.05, 0) is 18.2 Å². The number of aromatic nitrogens is 2. The van der Waals surface area contributed by atoms with Gasteiger partial charge in [0.05, 0.1) is 24.1 Å². The average molecular weight is 306 g/mol. The number of amides is 2. The van der Waals surface area contributed by atoms with Gasteiger partial charge >= 0.3 is 6.03 Å². The molecule has 0 fully saturated rings. The minimum absolute atomic E-state index is 0.0566. The van der Waals surface area contributed by atoms with Gasteiger partial charge < -0.3 is 10.4 Å². The molecule has 0 saturated heterocycles. The molecule has 0 unspecified atom stereocenters. The largest absolute Gasteiger partial charge is 0.506 e. The van der Waals surface area contributed by atoms with E-state index in [9.17, 15) is 9.90 Å². The maximum Gasteiger partial charge on any atom is 0.324 e. The molecule has 0 bridgehead atoms. The van der Waals surface area contributed by atoms with Crippen molar-refractivity contribution in [3.8, 4) is 11.8 Å². The maximum absolute atomic E-state index is 11.8. The van der Waals surface area contributed by atoms with Crippen LogP contribution in [0, 0.1) is 11.3 Å². The van der Waals surface area contributed by atoms with E-state index in [0.29, 0.717) is 24.5 Å². The summed E-state index contributed by atoms with van der Waals surface area (Å²) in [7, 11) is 0. The van der Waals surface area contributed by atoms with Gasteiger partial charge in [0.1, 0.15) is 5.75 Å². The Morgan fingerprint density at radius 2 is 2.24 bits per heavy atom. The summed E-state index contributed by atoms with van der Waals surface area (Å²) in [5.41, 5.74) is 0.444. The Kier molecular flexibility index (Phi) is 4.64. The lowest BCUT2D eigenvalue weighted by Gasteiger charge is -2.06. The number of benzene rings is 1. The molecule has 0 spiro atoms. The zero-order valence-corrected chi connectivity index (χ0v) is 11.6. The summed E-state index contributed by atoms with van der Waals surface area (Å²) in [5.74, 6) is 0.314. The first-order valence-electron chi connectivity index (χ1n) is 6.05. The normalized spacial score (nSPS) is 9.90. The van der Waals surface area contributed by atoms with Crippen LogP contribution in [0.25, 0.3) is 0 Å². The van der Waals surface area contributed by atoms with E-state index in [1.54, 1.807) is 16.9 Å². The topological polar surface area (TPSA) is 103 Å². The summed E-state index contributed by atoms with van der Waals surface area (Å²) >= 11 is 5.75. The standard InChI is InChI=1S/C13H12ClN5O2/c14-10-8-9(2-3-11(10)20)16-13(21)17-12-4-7-19(18-12)6-1-5-15/h2-4,7-8,20H,1,6H2,(H2,16,17,18,21). The molecule has 21 heavy (non-hydrogen) atoms. The smallest absolute Gasteiger partial charge is 0.324 e. The van der Waals surface area contributed by atoms with Crippen LogP contribution in [0.5, 0.6) is 5.75 Å². The Balaban J connectivity index is 1.93. The van der Waals surface area contributed by atoms with Gasteiger partial charge in [0.25, 0.3) is 0 Å². The fraction of sp³-hybridized carbons (Fsp3) is 0.154. The van der Waals surface area contributed by atoms with Crippen LogP contribution < -0.4 is 10.6 Å². The highest BCUT2D eigenvalue weighted by atomic mass is 35.5. The predicted molar refractivity (Wildman–Crippen MR) is 78.2 cm³/mol. The molecular weight excluding hydrogens is 294 g/mol. The van der Waals surface area contributed by atoms with Crippen LogP contribution in [-0.4, -0.2) is 20.9 Å². The van der Waals surface area contributed by atoms with Crippen molar-refractivity contribution in [1.82, 2.24) is 9.78 Å². The lowest BCUT2D eigenvalue weighted by atomic mass is 10.3. The molecule has 8 heteroatoms. The molecular formula is C13H12ClN5O2. The molecule has 2 amide bonds. The molecule has 0 aliphatic heterocycles. The molecule has 1 aromatic carbocycles. The lowest BCUT2D eigenvalue weighted by molar-refractivity contribution is 0.262. The lowest BCUT2D eigenvalue weighted by Crippen LogP contribution is -2.19. The Bertz CT molecular complexity index is 692. The Morgan fingerprint density at radius 1 is 1.43 bits per heavy atom. The number of anilines is 2. The van der Waals surface area contributed by atoms with E-state index in [1.165, 1.54) is 18.2 Å². The highest BCUT2D eigenvalue weighted by Crippen LogP contribution is 2.26. The van der Waals surface area contributed by atoms with Crippen molar-refractivity contribution >= 4 is 29.1 Å². The second kappa shape index (κ2) is 6.63. The molecule has 0 saturated carbocycles. The number of aromatic hydroxyl groups is 1. The van der Waals surface area contributed by atoms with Crippen molar-refractivity contribution < 1.29 is 9.90 Å². The monoisotopic (exact) mass is 305 g/mol. The van der Waals surface area contributed by atoms with E-state index >= 15 is 0 Å². The molecule has 0 aliphatic rings. The van der Waals surface area contributed by atoms with Crippen molar-refractivity contribution in [3.05, 3.63) is 35.5 Å². The van der Waals surface area contributed by atoms with Crippen LogP contribution in [0.15, 0.2) is 30.5 Å². The summed E-state index contributed by atoms with van der Waals surface area (Å²) in [6, 6.07) is 7.49. The fourth-order valence-corrected chi connectivity index (χ4v) is 1.76. The minimum atomic E-state index is -0.484. The maximum atomic E-state index is 11.8. The second-order valence-corrected chi connectivity index (χ2v) is 4.52. The Labute approximate surface area is 125 Å². The molecule has 1 aromatic heterocycles. The van der Waals surface area contributed by atoms with Gasteiger partial charge in [0.15, 0.2) is 5.82 Å². The average Bonchev–Trinajstić information content (AvgIpc) is 2.88. The van der Waals surface area contributed by atoms with Crippen LogP contribution >= 0.6 is 11.6 Å². The molecule has 7 nitrogen and oxygen atoms in total. The van der Waals surface area contributed by atoms with Crippen molar-refractivity contribution in [2.24, 2.45) is 0 Å². The number of nitriles is 1. The number of phenolic OH excluding ortho intramolecular Hbond substituents is 1. The molecule has 0 aliphatic carbocycles. The van der Waals surface area contributed by atoms with Crippen molar-refractivity contribution in [2.75, 3.05) is 10.6 Å². The molecule has 1 heterocycles. The van der Waals surface area contributed by atoms with E-state index in [4.69, 9.17) is 16.9 Å². The van der Waals surface area contributed by atoms with E-state index < -0.39 is 6.03 Å². The number of halogens is 1. The van der Waals surface area contributed by atoms with Gasteiger partial charge in [-0.1, -0.05) is 11.6 Å². The fourth-order valence-electron chi connectivity index (χ4n) is 1.58. The van der Waals surface area contributed by atoms with E-state index in [0.717, 1.165) is 0 Å². The highest BCUT2D eigenvalue weighted by molar-refractivity contribution is 6.32. The Morgan fingerprint density at radius 3 is 2.95 bits per heavy atom. The highest BCUT2D eigenvalue weighted by Gasteiger charge is 2.07. The number of carbonyl (C=O) groups excluding carboxylic acids is 1. The number of rotatable bonds is 4. The van der Waals surface area contributed by atoms with Gasteiger partial charge in [-0.3, -0.25) is 10.00 Å². The summed E-state index contributed by atoms with van der Waals surface area (Å²) in [6.07, 6.45) is 2.02. The molecule has 2 rings (SSSR count). The van der Waals surface area contributed by atoms with Crippen LogP contribution in [0.1, 0.15) is 6.42 Å². The van der Waals surface area contributed by atoms with Gasteiger partial charge in [-0.15, -0.1) is 0 Å². The number of aryl methyl sites for hydroxylation is 1. The van der Waals surface area contributed by atoms with Crippen molar-refractivity contribution in [1.29, 1.82) is 5.26 Å². The first-order chi connectivity index (χ1) is 10.1. The van der Waals surface area contributed by atoms with Crippen LogP contribution in [0.2, 0.25) is 5.02 Å². The first kappa shape index (κ1) is 14.7. The summed E-state index contributed by atoms with van der Waals surface area (Å²) in [5, 5.41) is 27.1. The van der Waals surface area contributed by atoms with Crippen LogP contribution in [0.3, 0.4) is 0 Å². The summed E-state index contributed by atoms with van der Waals surface area (Å²) < 4.78 is 1.57. The quantitative estimate of drug-likeness (QED) is 0.756. The van der Waals surface area contributed by atoms with Gasteiger partial charge in [0, 0.05) is 18.0 Å². The second-order valence-electron chi connectivity index (χ2n) is 4.12. The van der Waals surface area contributed by atoms with Crippen LogP contribution in [-0.2, 0) is 6.54 Å². The van der Waals surface area contributed by atoms with Crippen LogP contribution in [0.4, 0.5) is 16.3 Å². The number of hydrogen-bond acceptors (Lipinski definition) is 4. The number of carbonyl (C=O) groups is 1. The van der Waals surface area contributed by atoms with E-state index in [2.05, 4.69) is 15.7 Å².